The topological polar surface area (TPSA) is 66.5 Å². The molecule has 1 fully saturated rings. The molecule has 0 aromatic heterocycles. The van der Waals surface area contributed by atoms with Crippen molar-refractivity contribution in [3.8, 4) is 0 Å². The average Bonchev–Trinajstić information content (AvgIpc) is 2.70. The van der Waals surface area contributed by atoms with Crippen LogP contribution in [0, 0.1) is 5.92 Å². The van der Waals surface area contributed by atoms with E-state index in [9.17, 15) is 26.4 Å². The van der Waals surface area contributed by atoms with E-state index in [1.807, 2.05) is 5.32 Å². The van der Waals surface area contributed by atoms with E-state index in [-0.39, 0.29) is 16.5 Å². The van der Waals surface area contributed by atoms with E-state index in [4.69, 9.17) is 0 Å². The Hall–Kier alpha value is -2.39. The van der Waals surface area contributed by atoms with Crippen LogP contribution in [0.4, 0.5) is 18.9 Å². The zero-order valence-electron chi connectivity index (χ0n) is 15.5. The fourth-order valence-electron chi connectivity index (χ4n) is 3.35. The van der Waals surface area contributed by atoms with Gasteiger partial charge in [0, 0.05) is 18.8 Å². The van der Waals surface area contributed by atoms with Gasteiger partial charge < -0.3 is 5.32 Å². The molecule has 0 spiro atoms. The molecule has 1 aliphatic rings. The highest BCUT2D eigenvalue weighted by Gasteiger charge is 2.38. The molecule has 0 atom stereocenters. The molecular weight excluding hydrogens is 405 g/mol. The number of nitrogens with one attached hydrogen (secondary N) is 1. The van der Waals surface area contributed by atoms with Crippen molar-refractivity contribution in [2.45, 2.75) is 30.3 Å². The summed E-state index contributed by atoms with van der Waals surface area (Å²) in [6, 6.07) is 14.6. The Kier molecular flexibility index (Phi) is 6.28. The largest absolute Gasteiger partial charge is 0.471 e. The van der Waals surface area contributed by atoms with E-state index in [0.717, 1.165) is 5.56 Å². The summed E-state index contributed by atoms with van der Waals surface area (Å²) >= 11 is 0. The Balaban J connectivity index is 1.54. The molecule has 0 radical (unpaired) electrons. The Morgan fingerprint density at radius 3 is 2.14 bits per heavy atom. The number of carbonyl (C=O) groups is 1. The number of amides is 1. The molecule has 0 unspecified atom stereocenters. The smallest absolute Gasteiger partial charge is 0.318 e. The lowest BCUT2D eigenvalue weighted by atomic mass is 9.91. The minimum Gasteiger partial charge on any atom is -0.318 e. The summed E-state index contributed by atoms with van der Waals surface area (Å²) in [5.41, 5.74) is 1.01. The van der Waals surface area contributed by atoms with Crippen molar-refractivity contribution in [3.05, 3.63) is 60.2 Å². The molecule has 1 amide bonds. The fraction of sp³-hybridized carbons (Fsp3) is 0.350. The number of hydrogen-bond donors (Lipinski definition) is 1. The summed E-state index contributed by atoms with van der Waals surface area (Å²) in [5, 5.41) is 1.81. The summed E-state index contributed by atoms with van der Waals surface area (Å²) in [6.07, 6.45) is -2.81. The molecule has 2 aromatic rings. The summed E-state index contributed by atoms with van der Waals surface area (Å²) in [7, 11) is -3.49. The third kappa shape index (κ3) is 5.36. The van der Waals surface area contributed by atoms with Crippen LogP contribution in [0.1, 0.15) is 18.4 Å². The van der Waals surface area contributed by atoms with Crippen LogP contribution >= 0.6 is 0 Å². The number of carbonyl (C=O) groups excluding carboxylic acids is 1. The molecule has 5 nitrogen and oxygen atoms in total. The van der Waals surface area contributed by atoms with Crippen molar-refractivity contribution in [1.82, 2.24) is 4.31 Å². The van der Waals surface area contributed by atoms with Gasteiger partial charge >= 0.3 is 12.1 Å². The lowest BCUT2D eigenvalue weighted by molar-refractivity contribution is -0.167. The summed E-state index contributed by atoms with van der Waals surface area (Å²) in [5.74, 6) is -1.72. The number of piperidine rings is 1. The summed E-state index contributed by atoms with van der Waals surface area (Å²) in [4.78, 5) is 11.2. The van der Waals surface area contributed by atoms with E-state index < -0.39 is 22.1 Å². The molecule has 3 rings (SSSR count). The minimum absolute atomic E-state index is 0.0832. The Labute approximate surface area is 167 Å². The van der Waals surface area contributed by atoms with Gasteiger partial charge in [-0.3, -0.25) is 4.79 Å². The maximum absolute atomic E-state index is 12.7. The minimum atomic E-state index is -4.92. The molecule has 2 aromatic carbocycles. The second kappa shape index (κ2) is 8.54. The Morgan fingerprint density at radius 2 is 1.59 bits per heavy atom. The van der Waals surface area contributed by atoms with E-state index in [0.29, 0.717) is 32.4 Å². The lowest BCUT2D eigenvalue weighted by Crippen LogP contribution is -2.38. The van der Waals surface area contributed by atoms with Gasteiger partial charge in [-0.05, 0) is 55.0 Å². The highest BCUT2D eigenvalue weighted by Crippen LogP contribution is 2.27. The van der Waals surface area contributed by atoms with Crippen molar-refractivity contribution in [3.63, 3.8) is 0 Å². The molecular formula is C20H21F3N2O3S. The number of nitrogens with zero attached hydrogens (tertiary/aromatic N) is 1. The van der Waals surface area contributed by atoms with Crippen molar-refractivity contribution < 1.29 is 26.4 Å². The van der Waals surface area contributed by atoms with E-state index in [2.05, 4.69) is 0 Å². The highest BCUT2D eigenvalue weighted by atomic mass is 32.2. The first kappa shape index (κ1) is 21.3. The number of hydrogen-bond acceptors (Lipinski definition) is 3. The normalized spacial score (nSPS) is 16.5. The Morgan fingerprint density at radius 1 is 1.00 bits per heavy atom. The van der Waals surface area contributed by atoms with Crippen molar-refractivity contribution >= 4 is 21.6 Å². The number of anilines is 1. The predicted octanol–water partition coefficient (Wildman–Crippen LogP) is 3.83. The van der Waals surface area contributed by atoms with Gasteiger partial charge in [0.1, 0.15) is 0 Å². The number of benzene rings is 2. The third-order valence-electron chi connectivity index (χ3n) is 4.95. The number of halogens is 3. The van der Waals surface area contributed by atoms with Gasteiger partial charge in [-0.2, -0.15) is 17.5 Å². The van der Waals surface area contributed by atoms with Crippen LogP contribution in [0.15, 0.2) is 59.5 Å². The summed E-state index contributed by atoms with van der Waals surface area (Å²) < 4.78 is 63.7. The average molecular weight is 426 g/mol. The zero-order chi connectivity index (χ0) is 21.1. The lowest BCUT2D eigenvalue weighted by Gasteiger charge is -2.31. The highest BCUT2D eigenvalue weighted by molar-refractivity contribution is 7.89. The van der Waals surface area contributed by atoms with Gasteiger partial charge in [0.25, 0.3) is 0 Å². The van der Waals surface area contributed by atoms with Crippen molar-refractivity contribution in [1.29, 1.82) is 0 Å². The number of alkyl halides is 3. The van der Waals surface area contributed by atoms with Crippen LogP contribution in [0.25, 0.3) is 0 Å². The molecule has 1 saturated heterocycles. The van der Waals surface area contributed by atoms with Gasteiger partial charge in [0.15, 0.2) is 0 Å². The van der Waals surface area contributed by atoms with E-state index in [1.54, 1.807) is 42.5 Å². The molecule has 29 heavy (non-hydrogen) atoms. The maximum Gasteiger partial charge on any atom is 0.471 e. The molecule has 156 valence electrons. The molecule has 0 bridgehead atoms. The zero-order valence-corrected chi connectivity index (χ0v) is 16.3. The van der Waals surface area contributed by atoms with Gasteiger partial charge in [-0.25, -0.2) is 8.42 Å². The van der Waals surface area contributed by atoms with E-state index in [1.165, 1.54) is 16.4 Å². The molecule has 1 N–H and O–H groups in total. The second-order valence-electron chi connectivity index (χ2n) is 7.01. The summed E-state index contributed by atoms with van der Waals surface area (Å²) in [6.45, 7) is 0.864. The van der Waals surface area contributed by atoms with E-state index >= 15 is 0 Å². The third-order valence-corrected chi connectivity index (χ3v) is 6.86. The van der Waals surface area contributed by atoms with Crippen LogP contribution < -0.4 is 5.32 Å². The van der Waals surface area contributed by atoms with Gasteiger partial charge in [0.2, 0.25) is 10.0 Å². The predicted molar refractivity (Wildman–Crippen MR) is 103 cm³/mol. The van der Waals surface area contributed by atoms with Gasteiger partial charge in [-0.15, -0.1) is 0 Å². The Bertz CT molecular complexity index is 937. The number of sulfonamides is 1. The van der Waals surface area contributed by atoms with Gasteiger partial charge in [0.05, 0.1) is 4.90 Å². The van der Waals surface area contributed by atoms with Crippen LogP contribution in [0.5, 0.6) is 0 Å². The molecule has 0 aliphatic carbocycles. The van der Waals surface area contributed by atoms with Crippen LogP contribution in [-0.4, -0.2) is 37.9 Å². The fourth-order valence-corrected chi connectivity index (χ4v) is 4.85. The first-order valence-corrected chi connectivity index (χ1v) is 10.6. The van der Waals surface area contributed by atoms with Crippen LogP contribution in [0.3, 0.4) is 0 Å². The number of rotatable bonds is 5. The van der Waals surface area contributed by atoms with Gasteiger partial charge in [-0.1, -0.05) is 30.3 Å². The molecule has 1 aliphatic heterocycles. The van der Waals surface area contributed by atoms with Crippen LogP contribution in [-0.2, 0) is 21.2 Å². The molecule has 9 heteroatoms. The monoisotopic (exact) mass is 426 g/mol. The van der Waals surface area contributed by atoms with Crippen molar-refractivity contribution in [2.75, 3.05) is 18.4 Å². The standard InChI is InChI=1S/C20H21F3N2O3S/c21-20(22,23)19(26)24-17-8-6-15(7-9-17)14-16-10-12-25(13-11-16)29(27,28)18-4-2-1-3-5-18/h1-9,16H,10-14H2,(H,24,26). The molecule has 0 saturated carbocycles. The first-order chi connectivity index (χ1) is 13.7. The quantitative estimate of drug-likeness (QED) is 0.790. The van der Waals surface area contributed by atoms with Crippen molar-refractivity contribution in [2.24, 2.45) is 5.92 Å². The first-order valence-electron chi connectivity index (χ1n) is 9.18. The second-order valence-corrected chi connectivity index (χ2v) is 8.95. The molecule has 1 heterocycles. The maximum atomic E-state index is 12.7. The SMILES string of the molecule is O=C(Nc1ccc(CC2CCN(S(=O)(=O)c3ccccc3)CC2)cc1)C(F)(F)F. The van der Waals surface area contributed by atoms with Crippen LogP contribution in [0.2, 0.25) is 0 Å².